The molecule has 7 heteroatoms. The molecule has 0 saturated carbocycles. The van der Waals surface area contributed by atoms with E-state index < -0.39 is 0 Å². The van der Waals surface area contributed by atoms with Gasteiger partial charge in [-0.2, -0.15) is 0 Å². The van der Waals surface area contributed by atoms with E-state index in [1.54, 1.807) is 0 Å². The van der Waals surface area contributed by atoms with E-state index in [0.717, 1.165) is 23.5 Å². The summed E-state index contributed by atoms with van der Waals surface area (Å²) in [5.41, 5.74) is 1.94. The Kier molecular flexibility index (Phi) is 7.84. The summed E-state index contributed by atoms with van der Waals surface area (Å²) in [6.45, 7) is 5.25. The van der Waals surface area contributed by atoms with Crippen LogP contribution in [0.4, 0.5) is 0 Å². The lowest BCUT2D eigenvalue weighted by Gasteiger charge is -2.10. The van der Waals surface area contributed by atoms with Crippen LogP contribution in [-0.4, -0.2) is 45.7 Å². The second kappa shape index (κ2) is 10.8. The molecular weight excluding hydrogens is 384 g/mol. The van der Waals surface area contributed by atoms with Crippen LogP contribution in [0.5, 0.6) is 0 Å². The molecule has 1 aromatic heterocycles. The summed E-state index contributed by atoms with van der Waals surface area (Å²) >= 11 is 1.38. The highest BCUT2D eigenvalue weighted by atomic mass is 32.2. The highest BCUT2D eigenvalue weighted by molar-refractivity contribution is 7.99. The van der Waals surface area contributed by atoms with E-state index in [9.17, 15) is 4.79 Å². The monoisotopic (exact) mass is 410 g/mol. The topological polar surface area (TPSA) is 69.0 Å². The van der Waals surface area contributed by atoms with E-state index in [1.165, 1.54) is 11.8 Å². The molecule has 0 bridgehead atoms. The first-order chi connectivity index (χ1) is 14.1. The third-order valence-corrected chi connectivity index (χ3v) is 5.04. The molecule has 29 heavy (non-hydrogen) atoms. The smallest absolute Gasteiger partial charge is 0.230 e. The molecule has 1 heterocycles. The van der Waals surface area contributed by atoms with Gasteiger partial charge in [0.2, 0.25) is 5.91 Å². The van der Waals surface area contributed by atoms with Crippen LogP contribution in [0.25, 0.3) is 17.1 Å². The molecule has 0 spiro atoms. The van der Waals surface area contributed by atoms with Crippen molar-refractivity contribution in [1.82, 2.24) is 20.1 Å². The minimum absolute atomic E-state index is 0.0246. The lowest BCUT2D eigenvalue weighted by atomic mass is 10.2. The number of nitrogens with zero attached hydrogens (tertiary/aromatic N) is 3. The average Bonchev–Trinajstić information content (AvgIpc) is 3.17. The first-order valence-corrected chi connectivity index (χ1v) is 10.7. The fourth-order valence-electron chi connectivity index (χ4n) is 2.75. The van der Waals surface area contributed by atoms with Crippen LogP contribution in [0.2, 0.25) is 0 Å². The molecule has 6 nitrogen and oxygen atoms in total. The van der Waals surface area contributed by atoms with E-state index in [1.807, 2.05) is 79.1 Å². The Morgan fingerprint density at radius 2 is 1.76 bits per heavy atom. The van der Waals surface area contributed by atoms with Gasteiger partial charge in [0.05, 0.1) is 11.9 Å². The number of rotatable bonds is 10. The van der Waals surface area contributed by atoms with E-state index in [2.05, 4.69) is 15.5 Å². The standard InChI is InChI=1S/C22H26N4O2S/c1-17(2)28-15-9-14-23-20(27)16-29-22-25-24-21(18-10-5-3-6-11-18)26(22)19-12-7-4-8-13-19/h3-8,10-13,17H,9,14-16H2,1-2H3,(H,23,27). The van der Waals surface area contributed by atoms with Gasteiger partial charge >= 0.3 is 0 Å². The summed E-state index contributed by atoms with van der Waals surface area (Å²) in [6.07, 6.45) is 1.01. The average molecular weight is 411 g/mol. The zero-order chi connectivity index (χ0) is 20.5. The van der Waals surface area contributed by atoms with Gasteiger partial charge in [0.1, 0.15) is 0 Å². The number of carbonyl (C=O) groups excluding carboxylic acids is 1. The van der Waals surface area contributed by atoms with E-state index in [4.69, 9.17) is 4.74 Å². The van der Waals surface area contributed by atoms with Crippen molar-refractivity contribution in [3.8, 4) is 17.1 Å². The molecular formula is C22H26N4O2S. The van der Waals surface area contributed by atoms with Crippen molar-refractivity contribution in [3.05, 3.63) is 60.7 Å². The molecule has 152 valence electrons. The van der Waals surface area contributed by atoms with Crippen LogP contribution < -0.4 is 5.32 Å². The normalized spacial score (nSPS) is 11.0. The maximum Gasteiger partial charge on any atom is 0.230 e. The van der Waals surface area contributed by atoms with Gasteiger partial charge in [0.15, 0.2) is 11.0 Å². The Labute approximate surface area is 175 Å². The summed E-state index contributed by atoms with van der Waals surface area (Å²) in [7, 11) is 0. The predicted octanol–water partition coefficient (Wildman–Crippen LogP) is 3.96. The van der Waals surface area contributed by atoms with Crippen LogP contribution in [0, 0.1) is 0 Å². The number of hydrogen-bond acceptors (Lipinski definition) is 5. The second-order valence-corrected chi connectivity index (χ2v) is 7.70. The molecule has 3 rings (SSSR count). The minimum atomic E-state index is -0.0246. The zero-order valence-corrected chi connectivity index (χ0v) is 17.6. The molecule has 1 N–H and O–H groups in total. The van der Waals surface area contributed by atoms with Gasteiger partial charge in [-0.15, -0.1) is 10.2 Å². The number of hydrogen-bond donors (Lipinski definition) is 1. The Morgan fingerprint density at radius 3 is 2.45 bits per heavy atom. The molecule has 0 aliphatic carbocycles. The number of nitrogens with one attached hydrogen (secondary N) is 1. The Bertz CT molecular complexity index is 898. The van der Waals surface area contributed by atoms with Gasteiger partial charge in [0.25, 0.3) is 0 Å². The van der Waals surface area contributed by atoms with Crippen molar-refractivity contribution in [2.24, 2.45) is 0 Å². The van der Waals surface area contributed by atoms with Gasteiger partial charge in [-0.1, -0.05) is 60.3 Å². The lowest BCUT2D eigenvalue weighted by Crippen LogP contribution is -2.27. The summed E-state index contributed by atoms with van der Waals surface area (Å²) in [5.74, 6) is 1.01. The predicted molar refractivity (Wildman–Crippen MR) is 116 cm³/mol. The number of benzene rings is 2. The molecule has 0 aliphatic heterocycles. The minimum Gasteiger partial charge on any atom is -0.379 e. The van der Waals surface area contributed by atoms with Gasteiger partial charge in [-0.25, -0.2) is 0 Å². The molecule has 0 radical (unpaired) electrons. The number of aromatic nitrogens is 3. The molecule has 0 fully saturated rings. The van der Waals surface area contributed by atoms with E-state index in [0.29, 0.717) is 18.3 Å². The Morgan fingerprint density at radius 1 is 1.07 bits per heavy atom. The number of amides is 1. The van der Waals surface area contributed by atoms with E-state index in [-0.39, 0.29) is 17.8 Å². The van der Waals surface area contributed by atoms with Crippen molar-refractivity contribution in [3.63, 3.8) is 0 Å². The third-order valence-electron chi connectivity index (χ3n) is 4.11. The second-order valence-electron chi connectivity index (χ2n) is 6.75. The number of carbonyl (C=O) groups is 1. The lowest BCUT2D eigenvalue weighted by molar-refractivity contribution is -0.118. The maximum absolute atomic E-state index is 12.2. The zero-order valence-electron chi connectivity index (χ0n) is 16.7. The van der Waals surface area contributed by atoms with Crippen LogP contribution in [0.3, 0.4) is 0 Å². The summed E-state index contributed by atoms with van der Waals surface area (Å²) < 4.78 is 7.47. The Hall–Kier alpha value is -2.64. The first-order valence-electron chi connectivity index (χ1n) is 9.72. The Balaban J connectivity index is 1.67. The summed E-state index contributed by atoms with van der Waals surface area (Å²) in [5, 5.41) is 12.3. The molecule has 1 amide bonds. The number of para-hydroxylation sites is 1. The van der Waals surface area contributed by atoms with Crippen molar-refractivity contribution in [1.29, 1.82) is 0 Å². The maximum atomic E-state index is 12.2. The van der Waals surface area contributed by atoms with Crippen LogP contribution in [-0.2, 0) is 9.53 Å². The largest absolute Gasteiger partial charge is 0.379 e. The molecule has 0 saturated heterocycles. The van der Waals surface area contributed by atoms with Gasteiger partial charge in [-0.05, 0) is 32.4 Å². The van der Waals surface area contributed by atoms with Gasteiger partial charge in [0, 0.05) is 24.4 Å². The van der Waals surface area contributed by atoms with Crippen molar-refractivity contribution >= 4 is 17.7 Å². The van der Waals surface area contributed by atoms with Gasteiger partial charge in [-0.3, -0.25) is 9.36 Å². The van der Waals surface area contributed by atoms with E-state index >= 15 is 0 Å². The SMILES string of the molecule is CC(C)OCCCNC(=O)CSc1nnc(-c2ccccc2)n1-c1ccccc1. The van der Waals surface area contributed by atoms with Crippen molar-refractivity contribution in [2.75, 3.05) is 18.9 Å². The fourth-order valence-corrected chi connectivity index (χ4v) is 3.53. The highest BCUT2D eigenvalue weighted by Crippen LogP contribution is 2.27. The fraction of sp³-hybridized carbons (Fsp3) is 0.318. The van der Waals surface area contributed by atoms with Crippen LogP contribution >= 0.6 is 11.8 Å². The molecule has 0 unspecified atom stereocenters. The highest BCUT2D eigenvalue weighted by Gasteiger charge is 2.16. The molecule has 0 atom stereocenters. The quantitative estimate of drug-likeness (QED) is 0.405. The van der Waals surface area contributed by atoms with Crippen molar-refractivity contribution in [2.45, 2.75) is 31.5 Å². The summed E-state index contributed by atoms with van der Waals surface area (Å²) in [4.78, 5) is 12.2. The molecule has 0 aliphatic rings. The summed E-state index contributed by atoms with van der Waals surface area (Å²) in [6, 6.07) is 19.9. The van der Waals surface area contributed by atoms with Gasteiger partial charge < -0.3 is 10.1 Å². The van der Waals surface area contributed by atoms with Crippen LogP contribution in [0.1, 0.15) is 20.3 Å². The molecule has 3 aromatic rings. The number of thioether (sulfide) groups is 1. The first kappa shape index (κ1) is 21.1. The molecule has 2 aromatic carbocycles. The van der Waals surface area contributed by atoms with Crippen molar-refractivity contribution < 1.29 is 9.53 Å². The van der Waals surface area contributed by atoms with Crippen LogP contribution in [0.15, 0.2) is 65.8 Å². The number of ether oxygens (including phenoxy) is 1. The third kappa shape index (κ3) is 6.17.